The predicted octanol–water partition coefficient (Wildman–Crippen LogP) is 1.97. The molecule has 0 aliphatic heterocycles. The van der Waals surface area contributed by atoms with Crippen molar-refractivity contribution in [2.24, 2.45) is 0 Å². The highest BCUT2D eigenvalue weighted by atomic mass is 32.2. The van der Waals surface area contributed by atoms with E-state index in [1.807, 2.05) is 11.9 Å². The van der Waals surface area contributed by atoms with E-state index in [-0.39, 0.29) is 11.4 Å². The van der Waals surface area contributed by atoms with Gasteiger partial charge in [-0.05, 0) is 34.0 Å². The third-order valence-corrected chi connectivity index (χ3v) is 3.27. The van der Waals surface area contributed by atoms with Gasteiger partial charge in [-0.15, -0.1) is 0 Å². The Balaban J connectivity index is 3.88. The van der Waals surface area contributed by atoms with Crippen LogP contribution in [0.2, 0.25) is 0 Å². The fourth-order valence-corrected chi connectivity index (χ4v) is 2.03. The molecule has 4 heteroatoms. The van der Waals surface area contributed by atoms with Gasteiger partial charge in [0.15, 0.2) is 0 Å². The summed E-state index contributed by atoms with van der Waals surface area (Å²) in [4.78, 5) is 13.7. The highest BCUT2D eigenvalue weighted by molar-refractivity contribution is 7.98. The second-order valence-electron chi connectivity index (χ2n) is 5.24. The molecule has 0 spiro atoms. The number of nitrogens with one attached hydrogen (secondary N) is 1. The van der Waals surface area contributed by atoms with Crippen LogP contribution >= 0.6 is 11.8 Å². The van der Waals surface area contributed by atoms with Crippen LogP contribution in [0.25, 0.3) is 0 Å². The van der Waals surface area contributed by atoms with Crippen molar-refractivity contribution in [1.82, 2.24) is 10.2 Å². The van der Waals surface area contributed by atoms with Crippen molar-refractivity contribution < 1.29 is 4.79 Å². The molecule has 0 rings (SSSR count). The molecule has 0 bridgehead atoms. The normalized spacial score (nSPS) is 13.6. The summed E-state index contributed by atoms with van der Waals surface area (Å²) in [5.74, 6) is 1.22. The first-order valence-electron chi connectivity index (χ1n) is 5.77. The largest absolute Gasteiger partial charge is 0.342 e. The lowest BCUT2D eigenvalue weighted by Gasteiger charge is -2.26. The Bertz CT molecular complexity index is 214. The van der Waals surface area contributed by atoms with Gasteiger partial charge in [0.25, 0.3) is 0 Å². The summed E-state index contributed by atoms with van der Waals surface area (Å²) in [5, 5.41) is 3.33. The van der Waals surface area contributed by atoms with Crippen LogP contribution in [0.1, 0.15) is 34.1 Å². The first-order chi connectivity index (χ1) is 7.28. The molecule has 16 heavy (non-hydrogen) atoms. The number of carbonyl (C=O) groups is 1. The maximum Gasteiger partial charge on any atom is 0.223 e. The van der Waals surface area contributed by atoms with Crippen molar-refractivity contribution >= 4 is 17.7 Å². The quantitative estimate of drug-likeness (QED) is 0.778. The van der Waals surface area contributed by atoms with Crippen molar-refractivity contribution in [3.8, 4) is 0 Å². The van der Waals surface area contributed by atoms with Gasteiger partial charge in [0.05, 0.1) is 0 Å². The van der Waals surface area contributed by atoms with Crippen LogP contribution in [0.4, 0.5) is 0 Å². The number of hydrogen-bond acceptors (Lipinski definition) is 3. The number of amides is 1. The molecule has 0 radical (unpaired) electrons. The van der Waals surface area contributed by atoms with Crippen LogP contribution in [0, 0.1) is 0 Å². The fraction of sp³-hybridized carbons (Fsp3) is 0.917. The summed E-state index contributed by atoms with van der Waals surface area (Å²) in [6.07, 6.45) is 2.64. The number of thioether (sulfide) groups is 1. The Morgan fingerprint density at radius 3 is 2.44 bits per heavy atom. The zero-order chi connectivity index (χ0) is 12.8. The Hall–Kier alpha value is -0.220. The van der Waals surface area contributed by atoms with E-state index in [0.717, 1.165) is 12.3 Å². The van der Waals surface area contributed by atoms with Crippen molar-refractivity contribution in [3.05, 3.63) is 0 Å². The molecule has 1 atom stereocenters. The molecule has 0 aromatic carbocycles. The van der Waals surface area contributed by atoms with Crippen LogP contribution in [-0.2, 0) is 4.79 Å². The molecule has 3 nitrogen and oxygen atoms in total. The van der Waals surface area contributed by atoms with Crippen LogP contribution in [0.15, 0.2) is 0 Å². The summed E-state index contributed by atoms with van der Waals surface area (Å²) < 4.78 is 0. The summed E-state index contributed by atoms with van der Waals surface area (Å²) >= 11 is 1.77. The lowest BCUT2D eigenvalue weighted by atomic mass is 10.1. The standard InChI is InChI=1S/C12H26N2OS/c1-10(9-16-6)14(5)11(15)7-8-13-12(2,3)4/h10,13H,7-9H2,1-6H3. The third kappa shape index (κ3) is 7.12. The smallest absolute Gasteiger partial charge is 0.223 e. The van der Waals surface area contributed by atoms with Crippen LogP contribution in [0.3, 0.4) is 0 Å². The summed E-state index contributed by atoms with van der Waals surface area (Å²) in [6, 6.07) is 0.317. The van der Waals surface area contributed by atoms with Gasteiger partial charge < -0.3 is 10.2 Å². The number of hydrogen-bond donors (Lipinski definition) is 1. The van der Waals surface area contributed by atoms with Gasteiger partial charge in [0.1, 0.15) is 0 Å². The molecule has 0 aromatic heterocycles. The van der Waals surface area contributed by atoms with E-state index in [2.05, 4.69) is 39.3 Å². The van der Waals surface area contributed by atoms with E-state index >= 15 is 0 Å². The minimum atomic E-state index is 0.0870. The topological polar surface area (TPSA) is 32.3 Å². The molecule has 0 aromatic rings. The van der Waals surface area contributed by atoms with Gasteiger partial charge in [-0.2, -0.15) is 11.8 Å². The number of carbonyl (C=O) groups excluding carboxylic acids is 1. The lowest BCUT2D eigenvalue weighted by molar-refractivity contribution is -0.131. The number of nitrogens with zero attached hydrogens (tertiary/aromatic N) is 1. The van der Waals surface area contributed by atoms with Gasteiger partial charge in [-0.25, -0.2) is 0 Å². The van der Waals surface area contributed by atoms with Gasteiger partial charge in [-0.1, -0.05) is 0 Å². The van der Waals surface area contributed by atoms with Crippen LogP contribution < -0.4 is 5.32 Å². The molecule has 96 valence electrons. The van der Waals surface area contributed by atoms with E-state index < -0.39 is 0 Å². The summed E-state index contributed by atoms with van der Waals surface area (Å²) in [7, 11) is 1.89. The molecular weight excluding hydrogens is 220 g/mol. The molecule has 0 aliphatic rings. The Morgan fingerprint density at radius 2 is 2.00 bits per heavy atom. The molecule has 0 saturated heterocycles. The molecular formula is C12H26N2OS. The van der Waals surface area contributed by atoms with E-state index in [4.69, 9.17) is 0 Å². The minimum Gasteiger partial charge on any atom is -0.342 e. The zero-order valence-electron chi connectivity index (χ0n) is 11.5. The Kier molecular flexibility index (Phi) is 7.07. The molecule has 0 aliphatic carbocycles. The van der Waals surface area contributed by atoms with E-state index in [1.54, 1.807) is 11.8 Å². The average molecular weight is 246 g/mol. The third-order valence-electron chi connectivity index (χ3n) is 2.46. The van der Waals surface area contributed by atoms with E-state index in [0.29, 0.717) is 12.5 Å². The predicted molar refractivity (Wildman–Crippen MR) is 73.0 cm³/mol. The molecule has 1 amide bonds. The minimum absolute atomic E-state index is 0.0870. The number of rotatable bonds is 6. The second kappa shape index (κ2) is 7.17. The average Bonchev–Trinajstić information content (AvgIpc) is 2.14. The van der Waals surface area contributed by atoms with Gasteiger partial charge in [-0.3, -0.25) is 4.79 Å². The van der Waals surface area contributed by atoms with Crippen LogP contribution in [-0.4, -0.2) is 48.0 Å². The highest BCUT2D eigenvalue weighted by Crippen LogP contribution is 2.05. The summed E-state index contributed by atoms with van der Waals surface area (Å²) in [5.41, 5.74) is 0.0870. The second-order valence-corrected chi connectivity index (χ2v) is 6.15. The lowest BCUT2D eigenvalue weighted by Crippen LogP contribution is -2.41. The van der Waals surface area contributed by atoms with Crippen molar-refractivity contribution in [2.45, 2.75) is 45.7 Å². The molecule has 1 unspecified atom stereocenters. The zero-order valence-corrected chi connectivity index (χ0v) is 12.3. The van der Waals surface area contributed by atoms with E-state index in [9.17, 15) is 4.79 Å². The fourth-order valence-electron chi connectivity index (χ4n) is 1.32. The van der Waals surface area contributed by atoms with Crippen molar-refractivity contribution in [2.75, 3.05) is 25.6 Å². The maximum atomic E-state index is 11.8. The molecule has 1 N–H and O–H groups in total. The first-order valence-corrected chi connectivity index (χ1v) is 7.17. The van der Waals surface area contributed by atoms with Gasteiger partial charge >= 0.3 is 0 Å². The van der Waals surface area contributed by atoms with Gasteiger partial charge in [0.2, 0.25) is 5.91 Å². The van der Waals surface area contributed by atoms with Crippen LogP contribution in [0.5, 0.6) is 0 Å². The highest BCUT2D eigenvalue weighted by Gasteiger charge is 2.16. The van der Waals surface area contributed by atoms with E-state index in [1.165, 1.54) is 0 Å². The molecule has 0 fully saturated rings. The monoisotopic (exact) mass is 246 g/mol. The SMILES string of the molecule is CSCC(C)N(C)C(=O)CCNC(C)(C)C. The Labute approximate surface area is 104 Å². The Morgan fingerprint density at radius 1 is 1.44 bits per heavy atom. The summed E-state index contributed by atoms with van der Waals surface area (Å²) in [6.45, 7) is 9.16. The first kappa shape index (κ1) is 15.8. The molecule has 0 heterocycles. The maximum absolute atomic E-state index is 11.8. The van der Waals surface area contributed by atoms with Gasteiger partial charge in [0, 0.05) is 37.3 Å². The van der Waals surface area contributed by atoms with Crippen molar-refractivity contribution in [3.63, 3.8) is 0 Å². The van der Waals surface area contributed by atoms with Crippen molar-refractivity contribution in [1.29, 1.82) is 0 Å². The molecule has 0 saturated carbocycles.